The van der Waals surface area contributed by atoms with Gasteiger partial charge in [-0.15, -0.1) is 11.3 Å². The van der Waals surface area contributed by atoms with Crippen molar-refractivity contribution in [3.05, 3.63) is 40.7 Å². The van der Waals surface area contributed by atoms with Gasteiger partial charge in [0.15, 0.2) is 0 Å². The largest absolute Gasteiger partial charge is 0.420 e. The van der Waals surface area contributed by atoms with E-state index in [1.165, 1.54) is 23.1 Å². The number of hydrogen-bond donors (Lipinski definition) is 1. The molecule has 0 saturated carbocycles. The summed E-state index contributed by atoms with van der Waals surface area (Å²) < 4.78 is 83.5. The van der Waals surface area contributed by atoms with Crippen molar-refractivity contribution in [1.29, 1.82) is 5.26 Å². The summed E-state index contributed by atoms with van der Waals surface area (Å²) in [6.45, 7) is 1.15. The quantitative estimate of drug-likeness (QED) is 0.504. The number of piperidine rings is 1. The maximum Gasteiger partial charge on any atom is 0.420 e. The predicted molar refractivity (Wildman–Crippen MR) is 119 cm³/mol. The standard InChI is InChI=1S/C20H19F4N7O2S2/c1-11-12(6-25)5-17(34-11)18-14(20(22,23)24)8-26-19(29-18)28-16-3-4-31(10-15(16)21)35(32,33)13-7-27-30(2)9-13/h5,7-9,15-16H,3-4,10H2,1-2H3,(H,26,28,29)/t15-,16+/m1/s1. The molecule has 4 rings (SSSR count). The molecule has 0 radical (unpaired) electrons. The van der Waals surface area contributed by atoms with Crippen LogP contribution < -0.4 is 5.32 Å². The Bertz CT molecular complexity index is 1400. The zero-order valence-corrected chi connectivity index (χ0v) is 20.0. The normalized spacial score (nSPS) is 19.5. The first-order chi connectivity index (χ1) is 16.4. The lowest BCUT2D eigenvalue weighted by molar-refractivity contribution is -0.137. The van der Waals surface area contributed by atoms with Crippen LogP contribution in [0.15, 0.2) is 29.6 Å². The van der Waals surface area contributed by atoms with Gasteiger partial charge in [-0.05, 0) is 19.4 Å². The molecule has 0 bridgehead atoms. The van der Waals surface area contributed by atoms with E-state index in [0.29, 0.717) is 11.1 Å². The van der Waals surface area contributed by atoms with Gasteiger partial charge in [0, 0.05) is 37.4 Å². The van der Waals surface area contributed by atoms with Crippen molar-refractivity contribution < 1.29 is 26.0 Å². The van der Waals surface area contributed by atoms with Crippen molar-refractivity contribution in [2.45, 2.75) is 36.6 Å². The van der Waals surface area contributed by atoms with E-state index in [0.717, 1.165) is 15.6 Å². The van der Waals surface area contributed by atoms with Crippen LogP contribution in [0.1, 0.15) is 22.4 Å². The Morgan fingerprint density at radius 3 is 2.63 bits per heavy atom. The van der Waals surface area contributed by atoms with E-state index in [1.54, 1.807) is 14.0 Å². The maximum absolute atomic E-state index is 15.0. The maximum atomic E-state index is 15.0. The smallest absolute Gasteiger partial charge is 0.348 e. The molecule has 0 amide bonds. The molecule has 186 valence electrons. The van der Waals surface area contributed by atoms with Crippen LogP contribution in [0.4, 0.5) is 23.5 Å². The molecule has 1 aliphatic rings. The van der Waals surface area contributed by atoms with Crippen LogP contribution >= 0.6 is 11.3 Å². The van der Waals surface area contributed by atoms with Gasteiger partial charge in [-0.3, -0.25) is 4.68 Å². The molecule has 1 N–H and O–H groups in total. The van der Waals surface area contributed by atoms with Crippen LogP contribution in [0, 0.1) is 18.3 Å². The van der Waals surface area contributed by atoms with Crippen molar-refractivity contribution >= 4 is 27.3 Å². The Morgan fingerprint density at radius 1 is 1.31 bits per heavy atom. The van der Waals surface area contributed by atoms with Gasteiger partial charge in [0.1, 0.15) is 22.7 Å². The van der Waals surface area contributed by atoms with E-state index < -0.39 is 46.2 Å². The van der Waals surface area contributed by atoms with E-state index in [2.05, 4.69) is 20.4 Å². The molecule has 0 unspecified atom stereocenters. The lowest BCUT2D eigenvalue weighted by Crippen LogP contribution is -2.50. The number of halogens is 4. The van der Waals surface area contributed by atoms with Crippen molar-refractivity contribution in [1.82, 2.24) is 24.1 Å². The number of sulfonamides is 1. The number of rotatable bonds is 5. The second-order valence-corrected chi connectivity index (χ2v) is 11.1. The number of anilines is 1. The highest BCUT2D eigenvalue weighted by Gasteiger charge is 2.38. The highest BCUT2D eigenvalue weighted by molar-refractivity contribution is 7.89. The van der Waals surface area contributed by atoms with Crippen LogP contribution in [-0.2, 0) is 23.2 Å². The van der Waals surface area contributed by atoms with Crippen molar-refractivity contribution in [3.63, 3.8) is 0 Å². The summed E-state index contributed by atoms with van der Waals surface area (Å²) >= 11 is 0.985. The SMILES string of the molecule is Cc1sc(-c2nc(N[C@H]3CCN(S(=O)(=O)c4cnn(C)c4)C[C@H]3F)ncc2C(F)(F)F)cc1C#N. The van der Waals surface area contributed by atoms with E-state index in [4.69, 9.17) is 5.26 Å². The minimum absolute atomic E-state index is 0.0154. The molecule has 3 aromatic heterocycles. The summed E-state index contributed by atoms with van der Waals surface area (Å²) in [7, 11) is -2.38. The lowest BCUT2D eigenvalue weighted by atomic mass is 10.1. The molecule has 3 aromatic rings. The molecular formula is C20H19F4N7O2S2. The molecule has 0 aromatic carbocycles. The van der Waals surface area contributed by atoms with Gasteiger partial charge in [-0.25, -0.2) is 22.8 Å². The summed E-state index contributed by atoms with van der Waals surface area (Å²) in [5.41, 5.74) is -1.27. The summed E-state index contributed by atoms with van der Waals surface area (Å²) in [6, 6.07) is 2.32. The molecular weight excluding hydrogens is 510 g/mol. The highest BCUT2D eigenvalue weighted by atomic mass is 32.2. The van der Waals surface area contributed by atoms with Crippen LogP contribution in [0.25, 0.3) is 10.6 Å². The Morgan fingerprint density at radius 2 is 2.06 bits per heavy atom. The van der Waals surface area contributed by atoms with E-state index in [1.807, 2.05) is 6.07 Å². The van der Waals surface area contributed by atoms with Gasteiger partial charge in [-0.2, -0.15) is 27.8 Å². The van der Waals surface area contributed by atoms with E-state index in [-0.39, 0.29) is 34.2 Å². The van der Waals surface area contributed by atoms with E-state index >= 15 is 0 Å². The summed E-state index contributed by atoms with van der Waals surface area (Å²) in [6.07, 6.45) is -3.27. The molecule has 0 spiro atoms. The van der Waals surface area contributed by atoms with Crippen molar-refractivity contribution in [2.24, 2.45) is 7.05 Å². The zero-order chi connectivity index (χ0) is 25.5. The minimum Gasteiger partial charge on any atom is -0.348 e. The number of nitrogens with zero attached hydrogens (tertiary/aromatic N) is 6. The Hall–Kier alpha value is -3.09. The molecule has 35 heavy (non-hydrogen) atoms. The molecule has 1 aliphatic heterocycles. The minimum atomic E-state index is -4.74. The Labute approximate surface area is 202 Å². The molecule has 15 heteroatoms. The van der Waals surface area contributed by atoms with Gasteiger partial charge in [0.2, 0.25) is 16.0 Å². The van der Waals surface area contributed by atoms with Crippen LogP contribution in [0.2, 0.25) is 0 Å². The number of aromatic nitrogens is 4. The van der Waals surface area contributed by atoms with Crippen LogP contribution in [0.3, 0.4) is 0 Å². The zero-order valence-electron chi connectivity index (χ0n) is 18.4. The number of aryl methyl sites for hydroxylation is 2. The average Bonchev–Trinajstić information content (AvgIpc) is 3.40. The summed E-state index contributed by atoms with van der Waals surface area (Å²) in [4.78, 5) is 8.32. The van der Waals surface area contributed by atoms with Crippen LogP contribution in [0.5, 0.6) is 0 Å². The fraction of sp³-hybridized carbons (Fsp3) is 0.400. The first kappa shape index (κ1) is 25.0. The van der Waals surface area contributed by atoms with Gasteiger partial charge >= 0.3 is 6.18 Å². The molecule has 1 fully saturated rings. The fourth-order valence-electron chi connectivity index (χ4n) is 3.66. The lowest BCUT2D eigenvalue weighted by Gasteiger charge is -2.34. The fourth-order valence-corrected chi connectivity index (χ4v) is 6.08. The number of alkyl halides is 4. The van der Waals surface area contributed by atoms with Gasteiger partial charge in [0.05, 0.1) is 28.4 Å². The van der Waals surface area contributed by atoms with Crippen LogP contribution in [-0.4, -0.2) is 57.8 Å². The van der Waals surface area contributed by atoms with Gasteiger partial charge < -0.3 is 5.32 Å². The first-order valence-corrected chi connectivity index (χ1v) is 12.5. The second-order valence-electron chi connectivity index (χ2n) is 7.91. The number of hydrogen-bond acceptors (Lipinski definition) is 8. The van der Waals surface area contributed by atoms with Crippen molar-refractivity contribution in [2.75, 3.05) is 18.4 Å². The second kappa shape index (κ2) is 9.17. The third-order valence-corrected chi connectivity index (χ3v) is 8.38. The highest BCUT2D eigenvalue weighted by Crippen LogP contribution is 2.39. The number of nitriles is 1. The predicted octanol–water partition coefficient (Wildman–Crippen LogP) is 3.35. The van der Waals surface area contributed by atoms with E-state index in [9.17, 15) is 26.0 Å². The topological polar surface area (TPSA) is 117 Å². The molecule has 2 atom stereocenters. The summed E-state index contributed by atoms with van der Waals surface area (Å²) in [5.74, 6) is -0.228. The third-order valence-electron chi connectivity index (χ3n) is 5.50. The van der Waals surface area contributed by atoms with Gasteiger partial charge in [-0.1, -0.05) is 0 Å². The van der Waals surface area contributed by atoms with Gasteiger partial charge in [0.25, 0.3) is 0 Å². The first-order valence-electron chi connectivity index (χ1n) is 10.2. The Balaban J connectivity index is 1.56. The molecule has 1 saturated heterocycles. The molecule has 0 aliphatic carbocycles. The molecule has 9 nitrogen and oxygen atoms in total. The third kappa shape index (κ3) is 5.00. The van der Waals surface area contributed by atoms with Crippen molar-refractivity contribution in [3.8, 4) is 16.6 Å². The monoisotopic (exact) mass is 529 g/mol. The summed E-state index contributed by atoms with van der Waals surface area (Å²) in [5, 5.41) is 15.7. The number of nitrogens with one attached hydrogen (secondary N) is 1. The number of thiophene rings is 1. The average molecular weight is 530 g/mol. The molecule has 4 heterocycles. The Kier molecular flexibility index (Phi) is 6.56.